The Bertz CT molecular complexity index is 240. The Labute approximate surface area is 82.9 Å². The van der Waals surface area contributed by atoms with E-state index in [9.17, 15) is 0 Å². The first-order chi connectivity index (χ1) is 5.84. The van der Waals surface area contributed by atoms with Crippen molar-refractivity contribution in [2.45, 2.75) is 25.7 Å². The Kier molecular flexibility index (Phi) is 4.41. The van der Waals surface area contributed by atoms with Crippen LogP contribution in [0.1, 0.15) is 24.1 Å². The molecule has 0 saturated heterocycles. The summed E-state index contributed by atoms with van der Waals surface area (Å²) in [4.78, 5) is 1.32. The van der Waals surface area contributed by atoms with Gasteiger partial charge in [0.15, 0.2) is 0 Å². The SMILES string of the molecule is C=CCCCCc1sccc1Cl. The normalized spacial score (nSPS) is 10.1. The van der Waals surface area contributed by atoms with E-state index in [1.165, 1.54) is 17.7 Å². The second kappa shape index (κ2) is 5.39. The molecule has 0 atom stereocenters. The fourth-order valence-corrected chi connectivity index (χ4v) is 2.25. The van der Waals surface area contributed by atoms with Crippen molar-refractivity contribution in [2.24, 2.45) is 0 Å². The fourth-order valence-electron chi connectivity index (χ4n) is 1.08. The van der Waals surface area contributed by atoms with Crippen molar-refractivity contribution in [3.63, 3.8) is 0 Å². The average Bonchev–Trinajstić information content (AvgIpc) is 2.46. The van der Waals surface area contributed by atoms with Crippen LogP contribution in [-0.4, -0.2) is 0 Å². The van der Waals surface area contributed by atoms with Gasteiger partial charge in [-0.1, -0.05) is 17.7 Å². The number of halogens is 1. The summed E-state index contributed by atoms with van der Waals surface area (Å²) in [6, 6.07) is 1.97. The Morgan fingerprint density at radius 1 is 1.50 bits per heavy atom. The van der Waals surface area contributed by atoms with Crippen molar-refractivity contribution < 1.29 is 0 Å². The van der Waals surface area contributed by atoms with Crippen LogP contribution in [0.4, 0.5) is 0 Å². The topological polar surface area (TPSA) is 0 Å². The Hall–Kier alpha value is -0.270. The highest BCUT2D eigenvalue weighted by molar-refractivity contribution is 7.10. The molecule has 66 valence electrons. The van der Waals surface area contributed by atoms with Gasteiger partial charge in [0.25, 0.3) is 0 Å². The quantitative estimate of drug-likeness (QED) is 0.491. The molecule has 0 N–H and O–H groups in total. The molecule has 0 aliphatic heterocycles. The molecule has 1 rings (SSSR count). The van der Waals surface area contributed by atoms with Crippen LogP contribution in [0, 0.1) is 0 Å². The van der Waals surface area contributed by atoms with Crippen LogP contribution in [0.3, 0.4) is 0 Å². The summed E-state index contributed by atoms with van der Waals surface area (Å²) < 4.78 is 0. The van der Waals surface area contributed by atoms with E-state index < -0.39 is 0 Å². The minimum absolute atomic E-state index is 0.929. The fraction of sp³-hybridized carbons (Fsp3) is 0.400. The number of aryl methyl sites for hydroxylation is 1. The highest BCUT2D eigenvalue weighted by atomic mass is 35.5. The zero-order chi connectivity index (χ0) is 8.81. The lowest BCUT2D eigenvalue weighted by molar-refractivity contribution is 0.755. The zero-order valence-electron chi connectivity index (χ0n) is 7.05. The van der Waals surface area contributed by atoms with Gasteiger partial charge in [0, 0.05) is 4.88 Å². The van der Waals surface area contributed by atoms with Gasteiger partial charge in [-0.3, -0.25) is 0 Å². The summed E-state index contributed by atoms with van der Waals surface area (Å²) in [5.74, 6) is 0. The summed E-state index contributed by atoms with van der Waals surface area (Å²) in [5.41, 5.74) is 0. The van der Waals surface area contributed by atoms with E-state index in [1.54, 1.807) is 11.3 Å². The molecule has 1 aromatic rings. The second-order valence-electron chi connectivity index (χ2n) is 2.73. The van der Waals surface area contributed by atoms with Crippen molar-refractivity contribution >= 4 is 22.9 Å². The van der Waals surface area contributed by atoms with Crippen LogP contribution < -0.4 is 0 Å². The predicted molar refractivity (Wildman–Crippen MR) is 57.1 cm³/mol. The van der Waals surface area contributed by atoms with Crippen molar-refractivity contribution in [1.29, 1.82) is 0 Å². The Morgan fingerprint density at radius 3 is 2.92 bits per heavy atom. The van der Waals surface area contributed by atoms with Crippen LogP contribution in [0.2, 0.25) is 5.02 Å². The van der Waals surface area contributed by atoms with Gasteiger partial charge in [-0.25, -0.2) is 0 Å². The van der Waals surface area contributed by atoms with E-state index in [2.05, 4.69) is 6.58 Å². The molecule has 0 unspecified atom stereocenters. The first-order valence-corrected chi connectivity index (χ1v) is 5.43. The molecule has 0 fully saturated rings. The molecule has 1 aromatic heterocycles. The van der Waals surface area contributed by atoms with E-state index in [0.717, 1.165) is 17.9 Å². The monoisotopic (exact) mass is 200 g/mol. The molecule has 0 aliphatic carbocycles. The smallest absolute Gasteiger partial charge is 0.0544 e. The maximum Gasteiger partial charge on any atom is 0.0544 e. The molecular formula is C10H13ClS. The van der Waals surface area contributed by atoms with Gasteiger partial charge in [0.05, 0.1) is 5.02 Å². The lowest BCUT2D eigenvalue weighted by Crippen LogP contribution is -1.80. The number of rotatable bonds is 5. The summed E-state index contributed by atoms with van der Waals surface area (Å²) in [6.45, 7) is 3.69. The van der Waals surface area contributed by atoms with Gasteiger partial charge >= 0.3 is 0 Å². The van der Waals surface area contributed by atoms with Crippen molar-refractivity contribution in [1.82, 2.24) is 0 Å². The van der Waals surface area contributed by atoms with Gasteiger partial charge in [0.1, 0.15) is 0 Å². The lowest BCUT2D eigenvalue weighted by atomic mass is 10.2. The molecule has 0 aliphatic rings. The van der Waals surface area contributed by atoms with E-state index in [4.69, 9.17) is 11.6 Å². The van der Waals surface area contributed by atoms with Gasteiger partial charge in [-0.2, -0.15) is 0 Å². The maximum atomic E-state index is 5.94. The molecule has 0 aromatic carbocycles. The summed E-state index contributed by atoms with van der Waals surface area (Å²) in [6.07, 6.45) is 6.63. The first kappa shape index (κ1) is 9.82. The van der Waals surface area contributed by atoms with Crippen molar-refractivity contribution in [3.05, 3.63) is 34.0 Å². The molecule has 0 bridgehead atoms. The molecule has 1 heterocycles. The average molecular weight is 201 g/mol. The van der Waals surface area contributed by atoms with Crippen LogP contribution in [0.15, 0.2) is 24.1 Å². The Balaban J connectivity index is 2.24. The number of unbranched alkanes of at least 4 members (excludes halogenated alkanes) is 2. The van der Waals surface area contributed by atoms with Crippen molar-refractivity contribution in [2.75, 3.05) is 0 Å². The zero-order valence-corrected chi connectivity index (χ0v) is 8.63. The van der Waals surface area contributed by atoms with Gasteiger partial charge in [0.2, 0.25) is 0 Å². The van der Waals surface area contributed by atoms with E-state index in [-0.39, 0.29) is 0 Å². The van der Waals surface area contributed by atoms with Gasteiger partial charge < -0.3 is 0 Å². The first-order valence-electron chi connectivity index (χ1n) is 4.17. The van der Waals surface area contributed by atoms with Crippen LogP contribution in [-0.2, 0) is 6.42 Å². The summed E-state index contributed by atoms with van der Waals surface area (Å²) in [5, 5.41) is 2.98. The number of thiophene rings is 1. The number of hydrogen-bond donors (Lipinski definition) is 0. The van der Waals surface area contributed by atoms with Crippen molar-refractivity contribution in [3.8, 4) is 0 Å². The van der Waals surface area contributed by atoms with Gasteiger partial charge in [-0.15, -0.1) is 17.9 Å². The second-order valence-corrected chi connectivity index (χ2v) is 4.13. The maximum absolute atomic E-state index is 5.94. The predicted octanol–water partition coefficient (Wildman–Crippen LogP) is 4.30. The molecule has 0 nitrogen and oxygen atoms in total. The molecule has 0 radical (unpaired) electrons. The van der Waals surface area contributed by atoms with Crippen LogP contribution in [0.25, 0.3) is 0 Å². The third-order valence-electron chi connectivity index (χ3n) is 1.75. The van der Waals surface area contributed by atoms with E-state index in [0.29, 0.717) is 0 Å². The number of allylic oxidation sites excluding steroid dienone is 1. The molecular weight excluding hydrogens is 188 g/mol. The molecule has 0 amide bonds. The van der Waals surface area contributed by atoms with Crippen LogP contribution in [0.5, 0.6) is 0 Å². The minimum Gasteiger partial charge on any atom is -0.147 e. The summed E-state index contributed by atoms with van der Waals surface area (Å²) >= 11 is 7.69. The highest BCUT2D eigenvalue weighted by Gasteiger charge is 1.99. The minimum atomic E-state index is 0.929. The Morgan fingerprint density at radius 2 is 2.33 bits per heavy atom. The molecule has 12 heavy (non-hydrogen) atoms. The third-order valence-corrected chi connectivity index (χ3v) is 3.20. The standard InChI is InChI=1S/C10H13ClS/c1-2-3-4-5-6-10-9(11)7-8-12-10/h2,7-8H,1,3-6H2. The van der Waals surface area contributed by atoms with Gasteiger partial charge in [-0.05, 0) is 37.1 Å². The number of hydrogen-bond acceptors (Lipinski definition) is 1. The van der Waals surface area contributed by atoms with E-state index in [1.807, 2.05) is 17.5 Å². The molecule has 2 heteroatoms. The lowest BCUT2D eigenvalue weighted by Gasteiger charge is -1.96. The molecule has 0 spiro atoms. The van der Waals surface area contributed by atoms with E-state index >= 15 is 0 Å². The largest absolute Gasteiger partial charge is 0.147 e. The van der Waals surface area contributed by atoms with Crippen LogP contribution >= 0.6 is 22.9 Å². The third kappa shape index (κ3) is 3.00. The summed E-state index contributed by atoms with van der Waals surface area (Å²) in [7, 11) is 0. The highest BCUT2D eigenvalue weighted by Crippen LogP contribution is 2.23. The molecule has 0 saturated carbocycles.